The van der Waals surface area contributed by atoms with Gasteiger partial charge < -0.3 is 5.32 Å². The summed E-state index contributed by atoms with van der Waals surface area (Å²) in [5, 5.41) is 3.46. The van der Waals surface area contributed by atoms with Gasteiger partial charge in [-0.1, -0.05) is 19.1 Å². The summed E-state index contributed by atoms with van der Waals surface area (Å²) in [6, 6.07) is 4.86. The number of nitrogens with one attached hydrogen (secondary N) is 1. The predicted molar refractivity (Wildman–Crippen MR) is 62.5 cm³/mol. The molecule has 0 aliphatic carbocycles. The van der Waals surface area contributed by atoms with Crippen LogP contribution in [0.4, 0.5) is 0 Å². The Bertz CT molecular complexity index is 322. The van der Waals surface area contributed by atoms with Crippen LogP contribution >= 0.6 is 0 Å². The number of nitrogens with zero attached hydrogens (tertiary/aromatic N) is 1. The first-order chi connectivity index (χ1) is 7.38. The lowest BCUT2D eigenvalue weighted by atomic mass is 9.98. The van der Waals surface area contributed by atoms with Crippen molar-refractivity contribution in [3.63, 3.8) is 0 Å². The van der Waals surface area contributed by atoms with Crippen molar-refractivity contribution >= 4 is 0 Å². The molecule has 1 aromatic rings. The molecule has 1 fully saturated rings. The Labute approximate surface area is 91.4 Å². The van der Waals surface area contributed by atoms with Crippen LogP contribution in [0.15, 0.2) is 36.3 Å². The van der Waals surface area contributed by atoms with Gasteiger partial charge >= 0.3 is 0 Å². The van der Waals surface area contributed by atoms with Crippen LogP contribution in [0.5, 0.6) is 0 Å². The van der Waals surface area contributed by atoms with Crippen LogP contribution in [0.3, 0.4) is 0 Å². The van der Waals surface area contributed by atoms with Gasteiger partial charge in [-0.15, -0.1) is 0 Å². The molecule has 0 spiro atoms. The second-order valence-electron chi connectivity index (χ2n) is 4.08. The average molecular weight is 202 g/mol. The van der Waals surface area contributed by atoms with Gasteiger partial charge in [0, 0.05) is 30.6 Å². The standard InChI is InChI=1S/C13H18N2/c1-2-12-9-13(15-12)7-3-5-11-6-4-8-14-10-11/h4,6-8,10,12,15H,2-3,5,9H2,1H3. The summed E-state index contributed by atoms with van der Waals surface area (Å²) in [5.41, 5.74) is 2.74. The first-order valence-electron chi connectivity index (χ1n) is 5.73. The summed E-state index contributed by atoms with van der Waals surface area (Å²) in [4.78, 5) is 4.11. The van der Waals surface area contributed by atoms with Crippen LogP contribution < -0.4 is 5.32 Å². The molecule has 1 saturated heterocycles. The van der Waals surface area contributed by atoms with Crippen molar-refractivity contribution in [3.05, 3.63) is 41.9 Å². The molecule has 15 heavy (non-hydrogen) atoms. The molecule has 2 rings (SSSR count). The number of aryl methyl sites for hydroxylation is 1. The average Bonchev–Trinajstić information content (AvgIpc) is 2.23. The van der Waals surface area contributed by atoms with Crippen LogP contribution in [0.2, 0.25) is 0 Å². The fourth-order valence-electron chi connectivity index (χ4n) is 1.85. The molecule has 2 heteroatoms. The fraction of sp³-hybridized carbons (Fsp3) is 0.462. The lowest BCUT2D eigenvalue weighted by Gasteiger charge is -2.31. The molecule has 0 bridgehead atoms. The van der Waals surface area contributed by atoms with Crippen LogP contribution in [0, 0.1) is 0 Å². The third kappa shape index (κ3) is 2.82. The Morgan fingerprint density at radius 2 is 2.47 bits per heavy atom. The molecule has 0 saturated carbocycles. The SMILES string of the molecule is CCC1CC(=CCCc2cccnc2)N1. The van der Waals surface area contributed by atoms with E-state index in [1.807, 2.05) is 18.5 Å². The topological polar surface area (TPSA) is 24.9 Å². The first kappa shape index (κ1) is 10.2. The van der Waals surface area contributed by atoms with E-state index in [9.17, 15) is 0 Å². The van der Waals surface area contributed by atoms with E-state index >= 15 is 0 Å². The second-order valence-corrected chi connectivity index (χ2v) is 4.08. The lowest BCUT2D eigenvalue weighted by Crippen LogP contribution is -2.39. The van der Waals surface area contributed by atoms with Crippen molar-refractivity contribution in [2.45, 2.75) is 38.6 Å². The predicted octanol–water partition coefficient (Wildman–Crippen LogP) is 2.67. The van der Waals surface area contributed by atoms with Crippen LogP contribution in [-0.2, 0) is 6.42 Å². The number of aromatic nitrogens is 1. The molecule has 1 atom stereocenters. The summed E-state index contributed by atoms with van der Waals surface area (Å²) in [7, 11) is 0. The molecule has 1 aliphatic rings. The summed E-state index contributed by atoms with van der Waals surface area (Å²) in [5.74, 6) is 0. The summed E-state index contributed by atoms with van der Waals surface area (Å²) < 4.78 is 0. The quantitative estimate of drug-likeness (QED) is 0.812. The van der Waals surface area contributed by atoms with Crippen LogP contribution in [0.25, 0.3) is 0 Å². The molecule has 2 nitrogen and oxygen atoms in total. The third-order valence-corrected chi connectivity index (χ3v) is 2.90. The minimum absolute atomic E-state index is 0.731. The molecule has 0 aromatic carbocycles. The van der Waals surface area contributed by atoms with Gasteiger partial charge in [0.2, 0.25) is 0 Å². The zero-order valence-electron chi connectivity index (χ0n) is 9.24. The molecule has 0 radical (unpaired) electrons. The number of hydrogen-bond acceptors (Lipinski definition) is 2. The molecule has 2 heterocycles. The minimum atomic E-state index is 0.731. The Morgan fingerprint density at radius 3 is 3.13 bits per heavy atom. The number of rotatable bonds is 4. The van der Waals surface area contributed by atoms with E-state index in [4.69, 9.17) is 0 Å². The van der Waals surface area contributed by atoms with Gasteiger partial charge in [-0.25, -0.2) is 0 Å². The van der Waals surface area contributed by atoms with Crippen molar-refractivity contribution in [2.24, 2.45) is 0 Å². The zero-order chi connectivity index (χ0) is 10.5. The third-order valence-electron chi connectivity index (χ3n) is 2.90. The molecule has 80 valence electrons. The van der Waals surface area contributed by atoms with Gasteiger partial charge in [-0.3, -0.25) is 4.98 Å². The van der Waals surface area contributed by atoms with E-state index in [0.717, 1.165) is 18.9 Å². The van der Waals surface area contributed by atoms with Crippen molar-refractivity contribution in [1.29, 1.82) is 0 Å². The lowest BCUT2D eigenvalue weighted by molar-refractivity contribution is 0.432. The van der Waals surface area contributed by atoms with Gasteiger partial charge in [0.15, 0.2) is 0 Å². The summed E-state index contributed by atoms with van der Waals surface area (Å²) in [6.07, 6.45) is 10.8. The monoisotopic (exact) mass is 202 g/mol. The van der Waals surface area contributed by atoms with Crippen molar-refractivity contribution in [2.75, 3.05) is 0 Å². The summed E-state index contributed by atoms with van der Waals surface area (Å²) in [6.45, 7) is 2.23. The smallest absolute Gasteiger partial charge is 0.0309 e. The Kier molecular flexibility index (Phi) is 3.38. The van der Waals surface area contributed by atoms with Crippen LogP contribution in [-0.4, -0.2) is 11.0 Å². The summed E-state index contributed by atoms with van der Waals surface area (Å²) >= 11 is 0. The van der Waals surface area contributed by atoms with E-state index < -0.39 is 0 Å². The maximum Gasteiger partial charge on any atom is 0.0309 e. The molecule has 1 aliphatic heterocycles. The number of hydrogen-bond donors (Lipinski definition) is 1. The Morgan fingerprint density at radius 1 is 1.60 bits per heavy atom. The first-order valence-corrected chi connectivity index (χ1v) is 5.73. The fourth-order valence-corrected chi connectivity index (χ4v) is 1.85. The molecule has 0 amide bonds. The van der Waals surface area contributed by atoms with Crippen molar-refractivity contribution < 1.29 is 0 Å². The van der Waals surface area contributed by atoms with E-state index in [2.05, 4.69) is 29.4 Å². The van der Waals surface area contributed by atoms with Gasteiger partial charge in [-0.2, -0.15) is 0 Å². The highest BCUT2D eigenvalue weighted by molar-refractivity contribution is 5.14. The van der Waals surface area contributed by atoms with Gasteiger partial charge in [-0.05, 0) is 30.9 Å². The maximum atomic E-state index is 4.11. The largest absolute Gasteiger partial charge is 0.385 e. The molecule has 1 N–H and O–H groups in total. The normalized spacial score (nSPS) is 22.2. The molecule has 1 aromatic heterocycles. The number of pyridine rings is 1. The second kappa shape index (κ2) is 4.96. The van der Waals surface area contributed by atoms with E-state index in [0.29, 0.717) is 0 Å². The van der Waals surface area contributed by atoms with E-state index in [-0.39, 0.29) is 0 Å². The molecule has 1 unspecified atom stereocenters. The van der Waals surface area contributed by atoms with Crippen molar-refractivity contribution in [3.8, 4) is 0 Å². The van der Waals surface area contributed by atoms with Crippen molar-refractivity contribution in [1.82, 2.24) is 10.3 Å². The van der Waals surface area contributed by atoms with Gasteiger partial charge in [0.1, 0.15) is 0 Å². The minimum Gasteiger partial charge on any atom is -0.385 e. The zero-order valence-corrected chi connectivity index (χ0v) is 9.24. The highest BCUT2D eigenvalue weighted by Gasteiger charge is 2.18. The van der Waals surface area contributed by atoms with Gasteiger partial charge in [0.05, 0.1) is 0 Å². The molecular formula is C13H18N2. The van der Waals surface area contributed by atoms with E-state index in [1.165, 1.54) is 24.1 Å². The Hall–Kier alpha value is -1.31. The highest BCUT2D eigenvalue weighted by Crippen LogP contribution is 2.18. The highest BCUT2D eigenvalue weighted by atomic mass is 15.0. The molecular weight excluding hydrogens is 184 g/mol. The number of allylic oxidation sites excluding steroid dienone is 1. The Balaban J connectivity index is 1.72. The van der Waals surface area contributed by atoms with E-state index in [1.54, 1.807) is 0 Å². The van der Waals surface area contributed by atoms with Gasteiger partial charge in [0.25, 0.3) is 0 Å². The van der Waals surface area contributed by atoms with Crippen LogP contribution in [0.1, 0.15) is 31.7 Å². The maximum absolute atomic E-state index is 4.11.